The fourth-order valence-corrected chi connectivity index (χ4v) is 1.56. The first-order chi connectivity index (χ1) is 6.57. The van der Waals surface area contributed by atoms with Crippen molar-refractivity contribution in [3.8, 4) is 5.75 Å². The van der Waals surface area contributed by atoms with Gasteiger partial charge in [0, 0.05) is 12.1 Å². The zero-order valence-electron chi connectivity index (χ0n) is 7.27. The summed E-state index contributed by atoms with van der Waals surface area (Å²) >= 11 is 3.11. The van der Waals surface area contributed by atoms with Crippen LogP contribution in [0.5, 0.6) is 5.75 Å². The molecule has 0 saturated carbocycles. The number of carbonyl (C=O) groups is 1. The van der Waals surface area contributed by atoms with Crippen molar-refractivity contribution in [2.45, 2.75) is 5.92 Å². The Morgan fingerprint density at radius 1 is 1.57 bits per heavy atom. The standard InChI is InChI=1S/C9H10BrNO3/c10-7-3-1-2-5(8(7)12)6(4-11)9(13)14/h1-3,6,12H,4,11H2,(H,13,14). The Kier molecular flexibility index (Phi) is 3.49. The molecule has 14 heavy (non-hydrogen) atoms. The zero-order valence-corrected chi connectivity index (χ0v) is 8.86. The van der Waals surface area contributed by atoms with Crippen LogP contribution in [0.2, 0.25) is 0 Å². The molecule has 0 aliphatic carbocycles. The second kappa shape index (κ2) is 4.43. The van der Waals surface area contributed by atoms with E-state index < -0.39 is 11.9 Å². The molecule has 0 heterocycles. The lowest BCUT2D eigenvalue weighted by molar-refractivity contribution is -0.138. The lowest BCUT2D eigenvalue weighted by atomic mass is 9.98. The maximum atomic E-state index is 10.8. The Morgan fingerprint density at radius 3 is 2.71 bits per heavy atom. The number of carboxylic acid groups (broad SMARTS) is 1. The minimum absolute atomic E-state index is 0.0423. The smallest absolute Gasteiger partial charge is 0.312 e. The zero-order chi connectivity index (χ0) is 10.7. The molecule has 1 unspecified atom stereocenters. The number of benzene rings is 1. The highest BCUT2D eigenvalue weighted by Gasteiger charge is 2.21. The number of halogens is 1. The lowest BCUT2D eigenvalue weighted by Crippen LogP contribution is -2.21. The number of rotatable bonds is 3. The van der Waals surface area contributed by atoms with Gasteiger partial charge in [0.05, 0.1) is 10.4 Å². The number of para-hydroxylation sites is 1. The first-order valence-electron chi connectivity index (χ1n) is 3.98. The third-order valence-corrected chi connectivity index (χ3v) is 2.57. The summed E-state index contributed by atoms with van der Waals surface area (Å²) in [6, 6.07) is 4.84. The van der Waals surface area contributed by atoms with Crippen molar-refractivity contribution in [3.05, 3.63) is 28.2 Å². The minimum Gasteiger partial charge on any atom is -0.506 e. The molecule has 0 bridgehead atoms. The average Bonchev–Trinajstić information content (AvgIpc) is 2.13. The third kappa shape index (κ3) is 2.05. The maximum absolute atomic E-state index is 10.8. The highest BCUT2D eigenvalue weighted by atomic mass is 79.9. The van der Waals surface area contributed by atoms with Gasteiger partial charge in [0.25, 0.3) is 0 Å². The maximum Gasteiger partial charge on any atom is 0.312 e. The molecule has 76 valence electrons. The van der Waals surface area contributed by atoms with Crippen LogP contribution in [0.15, 0.2) is 22.7 Å². The van der Waals surface area contributed by atoms with Gasteiger partial charge in [0.2, 0.25) is 0 Å². The summed E-state index contributed by atoms with van der Waals surface area (Å²) in [7, 11) is 0. The van der Waals surface area contributed by atoms with Crippen molar-refractivity contribution in [1.29, 1.82) is 0 Å². The molecule has 0 amide bonds. The van der Waals surface area contributed by atoms with Crippen LogP contribution in [-0.2, 0) is 4.79 Å². The van der Waals surface area contributed by atoms with Crippen LogP contribution in [0, 0.1) is 0 Å². The van der Waals surface area contributed by atoms with Crippen LogP contribution in [-0.4, -0.2) is 22.7 Å². The molecule has 1 rings (SSSR count). The van der Waals surface area contributed by atoms with Gasteiger partial charge in [-0.15, -0.1) is 0 Å². The van der Waals surface area contributed by atoms with Gasteiger partial charge in [-0.05, 0) is 22.0 Å². The summed E-state index contributed by atoms with van der Waals surface area (Å²) in [5.41, 5.74) is 5.65. The summed E-state index contributed by atoms with van der Waals surface area (Å²) < 4.78 is 0.467. The van der Waals surface area contributed by atoms with Gasteiger partial charge in [-0.3, -0.25) is 4.79 Å². The van der Waals surface area contributed by atoms with Crippen LogP contribution >= 0.6 is 15.9 Å². The van der Waals surface area contributed by atoms with Gasteiger partial charge in [-0.25, -0.2) is 0 Å². The number of aromatic hydroxyl groups is 1. The van der Waals surface area contributed by atoms with Gasteiger partial charge in [-0.2, -0.15) is 0 Å². The van der Waals surface area contributed by atoms with E-state index in [0.29, 0.717) is 10.0 Å². The van der Waals surface area contributed by atoms with E-state index in [1.54, 1.807) is 18.2 Å². The van der Waals surface area contributed by atoms with Gasteiger partial charge in [0.15, 0.2) is 0 Å². The molecule has 0 radical (unpaired) electrons. The summed E-state index contributed by atoms with van der Waals surface area (Å²) in [4.78, 5) is 10.8. The Labute approximate surface area is 89.5 Å². The number of hydrogen-bond acceptors (Lipinski definition) is 3. The van der Waals surface area contributed by atoms with Gasteiger partial charge in [0.1, 0.15) is 5.75 Å². The SMILES string of the molecule is NCC(C(=O)O)c1cccc(Br)c1O. The Hall–Kier alpha value is -1.07. The molecule has 4 nitrogen and oxygen atoms in total. The van der Waals surface area contributed by atoms with Crippen LogP contribution in [0.25, 0.3) is 0 Å². The molecule has 0 saturated heterocycles. The molecule has 0 aliphatic heterocycles. The van der Waals surface area contributed by atoms with Gasteiger partial charge >= 0.3 is 5.97 Å². The molecule has 1 aromatic carbocycles. The van der Waals surface area contributed by atoms with E-state index in [1.807, 2.05) is 0 Å². The summed E-state index contributed by atoms with van der Waals surface area (Å²) in [5, 5.41) is 18.4. The predicted octanol–water partition coefficient (Wildman–Crippen LogP) is 1.28. The number of aliphatic carboxylic acids is 1. The van der Waals surface area contributed by atoms with Crippen LogP contribution in [0.3, 0.4) is 0 Å². The second-order valence-corrected chi connectivity index (χ2v) is 3.66. The third-order valence-electron chi connectivity index (χ3n) is 1.93. The largest absolute Gasteiger partial charge is 0.506 e. The summed E-state index contributed by atoms with van der Waals surface area (Å²) in [5.74, 6) is -1.97. The van der Waals surface area contributed by atoms with E-state index in [-0.39, 0.29) is 12.3 Å². The predicted molar refractivity (Wildman–Crippen MR) is 55.2 cm³/mol. The second-order valence-electron chi connectivity index (χ2n) is 2.80. The monoisotopic (exact) mass is 259 g/mol. The van der Waals surface area contributed by atoms with E-state index in [9.17, 15) is 9.90 Å². The molecule has 4 N–H and O–H groups in total. The molecule has 1 atom stereocenters. The number of phenolic OH excluding ortho intramolecular Hbond substituents is 1. The molecule has 0 aliphatic rings. The Bertz CT molecular complexity index is 354. The molecular weight excluding hydrogens is 250 g/mol. The van der Waals surface area contributed by atoms with E-state index in [0.717, 1.165) is 0 Å². The normalized spacial score (nSPS) is 12.4. The number of carboxylic acids is 1. The number of phenols is 1. The number of hydrogen-bond donors (Lipinski definition) is 3. The molecule has 0 aromatic heterocycles. The van der Waals surface area contributed by atoms with E-state index in [1.165, 1.54) is 0 Å². The van der Waals surface area contributed by atoms with E-state index in [2.05, 4.69) is 15.9 Å². The molecule has 1 aromatic rings. The van der Waals surface area contributed by atoms with Crippen molar-refractivity contribution in [2.24, 2.45) is 5.73 Å². The van der Waals surface area contributed by atoms with Crippen LogP contribution in [0.1, 0.15) is 11.5 Å². The van der Waals surface area contributed by atoms with Crippen molar-refractivity contribution >= 4 is 21.9 Å². The fourth-order valence-electron chi connectivity index (χ4n) is 1.17. The lowest BCUT2D eigenvalue weighted by Gasteiger charge is -2.12. The van der Waals surface area contributed by atoms with E-state index >= 15 is 0 Å². The summed E-state index contributed by atoms with van der Waals surface area (Å²) in [6.45, 7) is -0.0423. The van der Waals surface area contributed by atoms with Crippen LogP contribution < -0.4 is 5.73 Å². The quantitative estimate of drug-likeness (QED) is 0.764. The fraction of sp³-hybridized carbons (Fsp3) is 0.222. The van der Waals surface area contributed by atoms with Crippen molar-refractivity contribution in [2.75, 3.05) is 6.54 Å². The van der Waals surface area contributed by atoms with Gasteiger partial charge < -0.3 is 15.9 Å². The highest BCUT2D eigenvalue weighted by Crippen LogP contribution is 2.32. The first-order valence-corrected chi connectivity index (χ1v) is 4.77. The summed E-state index contributed by atoms with van der Waals surface area (Å²) in [6.07, 6.45) is 0. The van der Waals surface area contributed by atoms with Crippen LogP contribution in [0.4, 0.5) is 0 Å². The van der Waals surface area contributed by atoms with Crippen molar-refractivity contribution in [3.63, 3.8) is 0 Å². The van der Waals surface area contributed by atoms with Gasteiger partial charge in [-0.1, -0.05) is 12.1 Å². The van der Waals surface area contributed by atoms with Crippen molar-refractivity contribution in [1.82, 2.24) is 0 Å². The molecular formula is C9H10BrNO3. The Balaban J connectivity index is 3.16. The number of nitrogens with two attached hydrogens (primary N) is 1. The average molecular weight is 260 g/mol. The molecule has 5 heteroatoms. The Morgan fingerprint density at radius 2 is 2.21 bits per heavy atom. The molecule has 0 spiro atoms. The molecule has 0 fully saturated rings. The minimum atomic E-state index is -1.04. The highest BCUT2D eigenvalue weighted by molar-refractivity contribution is 9.10. The van der Waals surface area contributed by atoms with Crippen molar-refractivity contribution < 1.29 is 15.0 Å². The van der Waals surface area contributed by atoms with E-state index in [4.69, 9.17) is 10.8 Å². The first kappa shape index (κ1) is 11.0. The topological polar surface area (TPSA) is 83.6 Å².